The SMILES string of the molecule is CCc1ccc(OC(Oc2ccc(N)cc2)(Oc2ccc(N)cc2)C(C)C)cc1. The van der Waals surface area contributed by atoms with Crippen molar-refractivity contribution in [1.82, 2.24) is 0 Å². The average Bonchev–Trinajstić information content (AvgIpc) is 2.72. The van der Waals surface area contributed by atoms with E-state index in [1.807, 2.05) is 38.1 Å². The summed E-state index contributed by atoms with van der Waals surface area (Å²) in [4.78, 5) is 0. The van der Waals surface area contributed by atoms with Crippen molar-refractivity contribution in [1.29, 1.82) is 0 Å². The summed E-state index contributed by atoms with van der Waals surface area (Å²) in [6, 6.07) is 22.2. The van der Waals surface area contributed by atoms with Crippen LogP contribution in [0.25, 0.3) is 0 Å². The number of benzene rings is 3. The number of anilines is 2. The molecule has 0 amide bonds. The van der Waals surface area contributed by atoms with Gasteiger partial charge in [0.2, 0.25) is 0 Å². The van der Waals surface area contributed by atoms with Crippen molar-refractivity contribution in [3.8, 4) is 17.2 Å². The fourth-order valence-electron chi connectivity index (χ4n) is 2.77. The van der Waals surface area contributed by atoms with Crippen molar-refractivity contribution in [2.45, 2.75) is 33.2 Å². The number of ether oxygens (including phenoxy) is 3. The van der Waals surface area contributed by atoms with Crippen LogP contribution in [0.2, 0.25) is 0 Å². The number of hydrogen-bond donors (Lipinski definition) is 2. The Morgan fingerprint density at radius 3 is 1.31 bits per heavy atom. The van der Waals surface area contributed by atoms with E-state index in [2.05, 4.69) is 6.92 Å². The third-order valence-corrected chi connectivity index (χ3v) is 4.58. The summed E-state index contributed by atoms with van der Waals surface area (Å²) in [6.07, 6.45) is 0.958. The Morgan fingerprint density at radius 1 is 0.655 bits per heavy atom. The van der Waals surface area contributed by atoms with Gasteiger partial charge in [-0.05, 0) is 72.6 Å². The highest BCUT2D eigenvalue weighted by Crippen LogP contribution is 2.33. The van der Waals surface area contributed by atoms with Gasteiger partial charge in [-0.2, -0.15) is 0 Å². The molecular weight excluding hydrogens is 364 g/mol. The molecule has 3 rings (SSSR count). The first-order chi connectivity index (χ1) is 13.9. The molecule has 0 fully saturated rings. The summed E-state index contributed by atoms with van der Waals surface area (Å²) in [5, 5.41) is 0. The molecule has 5 nitrogen and oxygen atoms in total. The summed E-state index contributed by atoms with van der Waals surface area (Å²) in [5.41, 5.74) is 14.2. The minimum Gasteiger partial charge on any atom is -0.420 e. The van der Waals surface area contributed by atoms with Crippen LogP contribution in [0.4, 0.5) is 11.4 Å². The van der Waals surface area contributed by atoms with E-state index in [9.17, 15) is 0 Å². The van der Waals surface area contributed by atoms with Gasteiger partial charge in [-0.3, -0.25) is 0 Å². The van der Waals surface area contributed by atoms with Crippen LogP contribution in [-0.2, 0) is 6.42 Å². The van der Waals surface area contributed by atoms with Crippen LogP contribution in [0.5, 0.6) is 17.2 Å². The Morgan fingerprint density at radius 2 is 1.00 bits per heavy atom. The molecule has 5 heteroatoms. The Balaban J connectivity index is 1.97. The molecule has 0 radical (unpaired) electrons. The van der Waals surface area contributed by atoms with E-state index in [1.54, 1.807) is 48.5 Å². The standard InChI is InChI=1S/C24H28N2O3/c1-4-18-5-11-21(12-6-18)27-24(17(2)3,28-22-13-7-19(25)8-14-22)29-23-15-9-20(26)10-16-23/h5-17H,4,25-26H2,1-3H3. The lowest BCUT2D eigenvalue weighted by Crippen LogP contribution is -2.52. The molecule has 0 heterocycles. The maximum absolute atomic E-state index is 6.32. The van der Waals surface area contributed by atoms with E-state index in [-0.39, 0.29) is 5.92 Å². The van der Waals surface area contributed by atoms with E-state index in [0.29, 0.717) is 28.6 Å². The molecule has 0 unspecified atom stereocenters. The van der Waals surface area contributed by atoms with Crippen molar-refractivity contribution in [2.75, 3.05) is 11.5 Å². The molecule has 0 aliphatic rings. The van der Waals surface area contributed by atoms with Crippen LogP contribution in [0.3, 0.4) is 0 Å². The first-order valence-electron chi connectivity index (χ1n) is 9.77. The molecule has 0 bridgehead atoms. The van der Waals surface area contributed by atoms with Gasteiger partial charge in [0.05, 0.1) is 5.92 Å². The summed E-state index contributed by atoms with van der Waals surface area (Å²) in [5.74, 6) is 0.298. The molecule has 0 saturated heterocycles. The van der Waals surface area contributed by atoms with Crippen LogP contribution in [-0.4, -0.2) is 5.97 Å². The van der Waals surface area contributed by atoms with E-state index in [1.165, 1.54) is 5.56 Å². The van der Waals surface area contributed by atoms with Gasteiger partial charge in [0, 0.05) is 11.4 Å². The molecular formula is C24H28N2O3. The quantitative estimate of drug-likeness (QED) is 0.404. The topological polar surface area (TPSA) is 79.7 Å². The van der Waals surface area contributed by atoms with E-state index in [0.717, 1.165) is 6.42 Å². The Labute approximate surface area is 172 Å². The summed E-state index contributed by atoms with van der Waals surface area (Å²) < 4.78 is 18.9. The zero-order chi connectivity index (χ0) is 20.9. The smallest absolute Gasteiger partial charge is 0.419 e. The second-order valence-corrected chi connectivity index (χ2v) is 7.20. The monoisotopic (exact) mass is 392 g/mol. The van der Waals surface area contributed by atoms with Gasteiger partial charge < -0.3 is 25.7 Å². The van der Waals surface area contributed by atoms with Crippen LogP contribution < -0.4 is 25.7 Å². The van der Waals surface area contributed by atoms with Crippen LogP contribution >= 0.6 is 0 Å². The third kappa shape index (κ3) is 5.13. The van der Waals surface area contributed by atoms with Crippen LogP contribution in [0.15, 0.2) is 72.8 Å². The Kier molecular flexibility index (Phi) is 6.17. The lowest BCUT2D eigenvalue weighted by atomic mass is 10.1. The molecule has 0 aliphatic heterocycles. The van der Waals surface area contributed by atoms with Crippen molar-refractivity contribution >= 4 is 11.4 Å². The first kappa shape index (κ1) is 20.4. The molecule has 0 atom stereocenters. The van der Waals surface area contributed by atoms with Gasteiger partial charge in [-0.25, -0.2) is 0 Å². The predicted molar refractivity (Wildman–Crippen MR) is 117 cm³/mol. The normalized spacial score (nSPS) is 11.3. The highest BCUT2D eigenvalue weighted by Gasteiger charge is 2.43. The fraction of sp³-hybridized carbons (Fsp3) is 0.250. The summed E-state index contributed by atoms with van der Waals surface area (Å²) in [7, 11) is 0. The number of hydrogen-bond acceptors (Lipinski definition) is 5. The van der Waals surface area contributed by atoms with Crippen LogP contribution in [0.1, 0.15) is 26.3 Å². The van der Waals surface area contributed by atoms with Gasteiger partial charge in [0.25, 0.3) is 0 Å². The Hall–Kier alpha value is -3.34. The van der Waals surface area contributed by atoms with Crippen molar-refractivity contribution in [3.63, 3.8) is 0 Å². The molecule has 0 spiro atoms. The van der Waals surface area contributed by atoms with E-state index >= 15 is 0 Å². The van der Waals surface area contributed by atoms with E-state index < -0.39 is 5.97 Å². The predicted octanol–water partition coefficient (Wildman–Crippen LogP) is 5.26. The molecule has 152 valence electrons. The third-order valence-electron chi connectivity index (χ3n) is 4.58. The second-order valence-electron chi connectivity index (χ2n) is 7.20. The summed E-state index contributed by atoms with van der Waals surface area (Å²) in [6.45, 7) is 6.08. The average molecular weight is 392 g/mol. The largest absolute Gasteiger partial charge is 0.420 e. The van der Waals surface area contributed by atoms with E-state index in [4.69, 9.17) is 25.7 Å². The maximum atomic E-state index is 6.32. The highest BCUT2D eigenvalue weighted by molar-refractivity contribution is 5.43. The second kappa shape index (κ2) is 8.78. The number of nitrogen functional groups attached to an aromatic ring is 2. The van der Waals surface area contributed by atoms with Gasteiger partial charge in [-0.15, -0.1) is 0 Å². The molecule has 4 N–H and O–H groups in total. The van der Waals surface area contributed by atoms with Crippen molar-refractivity contribution in [2.24, 2.45) is 5.92 Å². The molecule has 0 aromatic heterocycles. The van der Waals surface area contributed by atoms with Gasteiger partial charge >= 0.3 is 5.97 Å². The molecule has 0 saturated carbocycles. The van der Waals surface area contributed by atoms with Gasteiger partial charge in [-0.1, -0.05) is 32.9 Å². The lowest BCUT2D eigenvalue weighted by molar-refractivity contribution is -0.279. The molecule has 29 heavy (non-hydrogen) atoms. The zero-order valence-corrected chi connectivity index (χ0v) is 17.1. The van der Waals surface area contributed by atoms with Gasteiger partial charge in [0.1, 0.15) is 17.2 Å². The van der Waals surface area contributed by atoms with Crippen molar-refractivity contribution in [3.05, 3.63) is 78.4 Å². The number of nitrogens with two attached hydrogens (primary N) is 2. The Bertz CT molecular complexity index is 857. The minimum atomic E-state index is -1.39. The summed E-state index contributed by atoms with van der Waals surface area (Å²) >= 11 is 0. The lowest BCUT2D eigenvalue weighted by Gasteiger charge is -2.37. The molecule has 3 aromatic rings. The number of aryl methyl sites for hydroxylation is 1. The first-order valence-corrected chi connectivity index (χ1v) is 9.77. The fourth-order valence-corrected chi connectivity index (χ4v) is 2.77. The minimum absolute atomic E-state index is 0.150. The van der Waals surface area contributed by atoms with Crippen LogP contribution in [0, 0.1) is 5.92 Å². The molecule has 3 aromatic carbocycles. The maximum Gasteiger partial charge on any atom is 0.419 e. The zero-order valence-electron chi connectivity index (χ0n) is 17.1. The molecule has 0 aliphatic carbocycles. The van der Waals surface area contributed by atoms with Crippen molar-refractivity contribution < 1.29 is 14.2 Å². The highest BCUT2D eigenvalue weighted by atomic mass is 16.9. The van der Waals surface area contributed by atoms with Gasteiger partial charge in [0.15, 0.2) is 0 Å². The number of rotatable bonds is 8.